The second-order valence-corrected chi connectivity index (χ2v) is 8.73. The Morgan fingerprint density at radius 3 is 2.46 bits per heavy atom. The lowest BCUT2D eigenvalue weighted by atomic mass is 9.93. The topological polar surface area (TPSA) is 50.8 Å². The summed E-state index contributed by atoms with van der Waals surface area (Å²) in [6, 6.07) is 0.672. The van der Waals surface area contributed by atoms with Crippen molar-refractivity contribution in [1.29, 1.82) is 0 Å². The summed E-state index contributed by atoms with van der Waals surface area (Å²) in [5, 5.41) is 0. The predicted octanol–water partition coefficient (Wildman–Crippen LogP) is 4.02. The van der Waals surface area contributed by atoms with Gasteiger partial charge in [-0.05, 0) is 65.2 Å². The van der Waals surface area contributed by atoms with E-state index in [2.05, 4.69) is 5.48 Å². The molecule has 0 bridgehead atoms. The van der Waals surface area contributed by atoms with Crippen LogP contribution in [-0.4, -0.2) is 41.3 Å². The van der Waals surface area contributed by atoms with E-state index in [-0.39, 0.29) is 6.09 Å². The number of amides is 1. The quantitative estimate of drug-likeness (QED) is 0.787. The molecule has 0 spiro atoms. The van der Waals surface area contributed by atoms with Gasteiger partial charge in [-0.1, -0.05) is 19.3 Å². The van der Waals surface area contributed by atoms with Crippen LogP contribution in [0.15, 0.2) is 0 Å². The Morgan fingerprint density at radius 2 is 1.75 bits per heavy atom. The fraction of sp³-hybridized carbons (Fsp3) is 0.947. The monoisotopic (exact) mass is 338 g/mol. The second kappa shape index (κ2) is 7.61. The van der Waals surface area contributed by atoms with Crippen LogP contribution in [0.4, 0.5) is 4.79 Å². The largest absolute Gasteiger partial charge is 0.444 e. The Bertz CT molecular complexity index is 429. The number of nitrogens with one attached hydrogen (secondary N) is 1. The molecule has 3 fully saturated rings. The minimum absolute atomic E-state index is 0.146. The van der Waals surface area contributed by atoms with Gasteiger partial charge in [-0.15, -0.1) is 0 Å². The van der Waals surface area contributed by atoms with Gasteiger partial charge in [0.15, 0.2) is 0 Å². The number of hydroxylamine groups is 1. The van der Waals surface area contributed by atoms with Crippen LogP contribution in [0.5, 0.6) is 0 Å². The highest BCUT2D eigenvalue weighted by atomic mass is 16.7. The minimum Gasteiger partial charge on any atom is -0.444 e. The zero-order valence-corrected chi connectivity index (χ0v) is 15.6. The van der Waals surface area contributed by atoms with E-state index in [1.54, 1.807) is 0 Å². The number of hydrogen-bond donors (Lipinski definition) is 1. The maximum Gasteiger partial charge on any atom is 0.410 e. The van der Waals surface area contributed by atoms with Gasteiger partial charge < -0.3 is 9.64 Å². The van der Waals surface area contributed by atoms with Crippen LogP contribution in [-0.2, 0) is 9.57 Å². The van der Waals surface area contributed by atoms with Gasteiger partial charge in [0.1, 0.15) is 5.60 Å². The number of carbonyl (C=O) groups is 1. The molecule has 3 rings (SSSR count). The number of nitrogens with zero attached hydrogens (tertiary/aromatic N) is 1. The molecule has 1 N–H and O–H groups in total. The van der Waals surface area contributed by atoms with E-state index in [9.17, 15) is 4.79 Å². The van der Waals surface area contributed by atoms with Crippen molar-refractivity contribution in [3.8, 4) is 0 Å². The van der Waals surface area contributed by atoms with E-state index < -0.39 is 5.60 Å². The molecule has 1 aliphatic heterocycles. The third-order valence-electron chi connectivity index (χ3n) is 5.68. The van der Waals surface area contributed by atoms with E-state index in [4.69, 9.17) is 9.57 Å². The average molecular weight is 338 g/mol. The van der Waals surface area contributed by atoms with E-state index in [1.165, 1.54) is 38.5 Å². The molecular formula is C19H34N2O3. The lowest BCUT2D eigenvalue weighted by Gasteiger charge is -2.34. The third kappa shape index (κ3) is 4.42. The van der Waals surface area contributed by atoms with Crippen LogP contribution in [0.1, 0.15) is 78.6 Å². The van der Waals surface area contributed by atoms with Gasteiger partial charge in [0, 0.05) is 18.6 Å². The van der Waals surface area contributed by atoms with Crippen molar-refractivity contribution in [2.45, 2.75) is 102 Å². The van der Waals surface area contributed by atoms with Crippen molar-refractivity contribution in [2.75, 3.05) is 6.54 Å². The summed E-state index contributed by atoms with van der Waals surface area (Å²) in [6.07, 6.45) is 10.9. The molecule has 0 aromatic heterocycles. The fourth-order valence-electron chi connectivity index (χ4n) is 4.57. The molecule has 3 atom stereocenters. The van der Waals surface area contributed by atoms with Crippen molar-refractivity contribution < 1.29 is 14.4 Å². The summed E-state index contributed by atoms with van der Waals surface area (Å²) in [5.41, 5.74) is 2.95. The van der Waals surface area contributed by atoms with Crippen molar-refractivity contribution in [2.24, 2.45) is 5.92 Å². The van der Waals surface area contributed by atoms with Crippen molar-refractivity contribution in [3.63, 3.8) is 0 Å². The molecule has 1 saturated heterocycles. The molecule has 5 heteroatoms. The first kappa shape index (κ1) is 18.0. The molecule has 138 valence electrons. The summed E-state index contributed by atoms with van der Waals surface area (Å²) in [7, 11) is 0. The third-order valence-corrected chi connectivity index (χ3v) is 5.68. The summed E-state index contributed by atoms with van der Waals surface area (Å²) >= 11 is 0. The van der Waals surface area contributed by atoms with Gasteiger partial charge in [-0.25, -0.2) is 4.79 Å². The van der Waals surface area contributed by atoms with Crippen molar-refractivity contribution >= 4 is 6.09 Å². The van der Waals surface area contributed by atoms with Gasteiger partial charge in [0.2, 0.25) is 0 Å². The Morgan fingerprint density at radius 1 is 1.00 bits per heavy atom. The van der Waals surface area contributed by atoms with Crippen LogP contribution in [0.25, 0.3) is 0 Å². The highest BCUT2D eigenvalue weighted by Gasteiger charge is 2.42. The molecule has 0 aromatic carbocycles. The summed E-state index contributed by atoms with van der Waals surface area (Å²) in [6.45, 7) is 6.63. The Kier molecular flexibility index (Phi) is 5.70. The maximum atomic E-state index is 12.6. The molecule has 1 amide bonds. The number of hydrogen-bond acceptors (Lipinski definition) is 4. The van der Waals surface area contributed by atoms with E-state index >= 15 is 0 Å². The number of likely N-dealkylation sites (tertiary alicyclic amines) is 1. The number of carbonyl (C=O) groups excluding carboxylic acids is 1. The Labute approximate surface area is 146 Å². The molecular weight excluding hydrogens is 304 g/mol. The molecule has 3 unspecified atom stereocenters. The van der Waals surface area contributed by atoms with Gasteiger partial charge >= 0.3 is 6.09 Å². The molecule has 2 aliphatic carbocycles. The van der Waals surface area contributed by atoms with Gasteiger partial charge in [0.25, 0.3) is 0 Å². The van der Waals surface area contributed by atoms with Crippen LogP contribution < -0.4 is 5.48 Å². The minimum atomic E-state index is -0.427. The first-order valence-corrected chi connectivity index (χ1v) is 9.85. The van der Waals surface area contributed by atoms with E-state index in [0.29, 0.717) is 24.1 Å². The van der Waals surface area contributed by atoms with E-state index in [1.807, 2.05) is 25.7 Å². The first-order chi connectivity index (χ1) is 11.4. The number of rotatable bonds is 4. The van der Waals surface area contributed by atoms with Crippen LogP contribution in [0.2, 0.25) is 0 Å². The Balaban J connectivity index is 1.57. The van der Waals surface area contributed by atoms with Gasteiger partial charge in [-0.2, -0.15) is 5.48 Å². The number of ether oxygens (including phenoxy) is 1. The lowest BCUT2D eigenvalue weighted by Crippen LogP contribution is -2.48. The molecule has 3 aliphatic rings. The van der Waals surface area contributed by atoms with Crippen molar-refractivity contribution in [3.05, 3.63) is 0 Å². The van der Waals surface area contributed by atoms with Crippen LogP contribution in [0, 0.1) is 5.92 Å². The highest BCUT2D eigenvalue weighted by molar-refractivity contribution is 5.69. The smallest absolute Gasteiger partial charge is 0.410 e. The molecule has 0 aromatic rings. The molecule has 0 radical (unpaired) electrons. The second-order valence-electron chi connectivity index (χ2n) is 8.73. The van der Waals surface area contributed by atoms with Crippen LogP contribution in [0.3, 0.4) is 0 Å². The predicted molar refractivity (Wildman–Crippen MR) is 93.6 cm³/mol. The SMILES string of the molecule is CC(C)(C)OC(=O)N1CCCC1C1CCCC1NOC1CCCC1. The molecule has 5 nitrogen and oxygen atoms in total. The lowest BCUT2D eigenvalue weighted by molar-refractivity contribution is -0.0530. The van der Waals surface area contributed by atoms with E-state index in [0.717, 1.165) is 25.8 Å². The first-order valence-electron chi connectivity index (χ1n) is 9.85. The maximum absolute atomic E-state index is 12.6. The van der Waals surface area contributed by atoms with Gasteiger partial charge in [-0.3, -0.25) is 4.84 Å². The normalized spacial score (nSPS) is 31.8. The standard InChI is InChI=1S/C19H34N2O3/c1-19(2,3)23-18(22)21-13-7-12-17(21)15-10-6-11-16(15)20-24-14-8-4-5-9-14/h14-17,20H,4-13H2,1-3H3. The van der Waals surface area contributed by atoms with Crippen molar-refractivity contribution in [1.82, 2.24) is 10.4 Å². The fourth-order valence-corrected chi connectivity index (χ4v) is 4.57. The average Bonchev–Trinajstić information content (AvgIpc) is 3.23. The summed E-state index contributed by atoms with van der Waals surface area (Å²) in [5.74, 6) is 0.487. The molecule has 24 heavy (non-hydrogen) atoms. The zero-order chi connectivity index (χ0) is 17.2. The summed E-state index contributed by atoms with van der Waals surface area (Å²) in [4.78, 5) is 20.5. The van der Waals surface area contributed by atoms with Crippen LogP contribution >= 0.6 is 0 Å². The Hall–Kier alpha value is -0.810. The molecule has 2 saturated carbocycles. The van der Waals surface area contributed by atoms with Gasteiger partial charge in [0.05, 0.1) is 6.10 Å². The zero-order valence-electron chi connectivity index (χ0n) is 15.6. The molecule has 1 heterocycles. The highest BCUT2D eigenvalue weighted by Crippen LogP contribution is 2.37. The summed E-state index contributed by atoms with van der Waals surface area (Å²) < 4.78 is 5.62.